The van der Waals surface area contributed by atoms with E-state index in [-0.39, 0.29) is 19.1 Å². The highest BCUT2D eigenvalue weighted by atomic mass is 32.1. The number of carbonyl (C=O) groups excluding carboxylic acids is 2. The third-order valence-electron chi connectivity index (χ3n) is 3.62. The lowest BCUT2D eigenvalue weighted by molar-refractivity contribution is -0.117. The van der Waals surface area contributed by atoms with Gasteiger partial charge in [-0.2, -0.15) is 0 Å². The van der Waals surface area contributed by atoms with Crippen LogP contribution < -0.4 is 5.32 Å². The summed E-state index contributed by atoms with van der Waals surface area (Å²) in [5.74, 6) is -0.582. The van der Waals surface area contributed by atoms with Gasteiger partial charge in [-0.05, 0) is 38.8 Å². The molecular formula is C17H28N2O4S. The van der Waals surface area contributed by atoms with Crippen molar-refractivity contribution in [1.29, 1.82) is 0 Å². The van der Waals surface area contributed by atoms with E-state index < -0.39 is 5.97 Å². The molecule has 1 aromatic heterocycles. The van der Waals surface area contributed by atoms with E-state index in [1.165, 1.54) is 11.3 Å². The summed E-state index contributed by atoms with van der Waals surface area (Å²) < 4.78 is 5.14. The van der Waals surface area contributed by atoms with Crippen molar-refractivity contribution in [3.05, 3.63) is 16.0 Å². The lowest BCUT2D eigenvalue weighted by Crippen LogP contribution is -2.35. The quantitative estimate of drug-likeness (QED) is 0.630. The number of anilines is 1. The zero-order valence-electron chi connectivity index (χ0n) is 15.0. The molecule has 136 valence electrons. The van der Waals surface area contributed by atoms with Gasteiger partial charge in [0.05, 0.1) is 25.3 Å². The molecule has 24 heavy (non-hydrogen) atoms. The second-order valence-corrected chi connectivity index (χ2v) is 6.69. The molecule has 1 amide bonds. The van der Waals surface area contributed by atoms with Gasteiger partial charge in [-0.3, -0.25) is 9.69 Å². The first-order valence-corrected chi connectivity index (χ1v) is 9.22. The smallest absolute Gasteiger partial charge is 0.341 e. The van der Waals surface area contributed by atoms with Crippen LogP contribution in [0.4, 0.5) is 5.00 Å². The average molecular weight is 356 g/mol. The molecule has 0 spiro atoms. The number of aryl methyl sites for hydroxylation is 1. The van der Waals surface area contributed by atoms with Gasteiger partial charge >= 0.3 is 5.97 Å². The van der Waals surface area contributed by atoms with Crippen molar-refractivity contribution in [2.24, 2.45) is 0 Å². The molecule has 0 saturated carbocycles. The van der Waals surface area contributed by atoms with Gasteiger partial charge in [0.2, 0.25) is 5.91 Å². The van der Waals surface area contributed by atoms with Crippen LogP contribution in [-0.2, 0) is 16.0 Å². The first kappa shape index (κ1) is 20.6. The second kappa shape index (κ2) is 10.4. The van der Waals surface area contributed by atoms with Gasteiger partial charge in [0.15, 0.2) is 0 Å². The Labute approximate surface area is 147 Å². The summed E-state index contributed by atoms with van der Waals surface area (Å²) in [6.07, 6.45) is 1.61. The lowest BCUT2D eigenvalue weighted by atomic mass is 10.1. The Hall–Kier alpha value is -1.44. The highest BCUT2D eigenvalue weighted by Gasteiger charge is 2.23. The Morgan fingerprint density at radius 1 is 1.25 bits per heavy atom. The van der Waals surface area contributed by atoms with Crippen LogP contribution in [0.15, 0.2) is 0 Å². The van der Waals surface area contributed by atoms with Crippen molar-refractivity contribution in [3.63, 3.8) is 0 Å². The molecule has 1 rings (SSSR count). The normalized spacial score (nSPS) is 10.9. The van der Waals surface area contributed by atoms with Crippen molar-refractivity contribution in [2.75, 3.05) is 38.2 Å². The zero-order valence-corrected chi connectivity index (χ0v) is 15.8. The lowest BCUT2D eigenvalue weighted by Gasteiger charge is -2.19. The Morgan fingerprint density at radius 2 is 1.96 bits per heavy atom. The summed E-state index contributed by atoms with van der Waals surface area (Å²) in [5, 5.41) is 12.5. The van der Waals surface area contributed by atoms with Crippen LogP contribution in [0.2, 0.25) is 0 Å². The molecule has 0 aliphatic rings. The maximum absolute atomic E-state index is 12.3. The summed E-state index contributed by atoms with van der Waals surface area (Å²) in [4.78, 5) is 27.5. The minimum atomic E-state index is -0.394. The monoisotopic (exact) mass is 356 g/mol. The van der Waals surface area contributed by atoms with Crippen molar-refractivity contribution >= 4 is 28.2 Å². The molecule has 0 atom stereocenters. The Bertz CT molecular complexity index is 551. The van der Waals surface area contributed by atoms with Crippen LogP contribution >= 0.6 is 11.3 Å². The highest BCUT2D eigenvalue weighted by Crippen LogP contribution is 2.34. The number of hydrogen-bond acceptors (Lipinski definition) is 6. The van der Waals surface area contributed by atoms with Gasteiger partial charge in [0, 0.05) is 11.4 Å². The second-order valence-electron chi connectivity index (χ2n) is 5.46. The number of hydrogen-bond donors (Lipinski definition) is 2. The van der Waals surface area contributed by atoms with Crippen molar-refractivity contribution in [3.8, 4) is 0 Å². The average Bonchev–Trinajstić information content (AvgIpc) is 2.83. The number of ether oxygens (including phenoxy) is 1. The van der Waals surface area contributed by atoms with Gasteiger partial charge in [-0.25, -0.2) is 4.79 Å². The number of amides is 1. The summed E-state index contributed by atoms with van der Waals surface area (Å²) in [6, 6.07) is 0. The standard InChI is InChI=1S/C17H28N2O4S/c1-5-8-19(9-10-20)11-14(21)18-16-15(17(22)23-7-3)13(6-2)12(4)24-16/h20H,5-11H2,1-4H3,(H,18,21). The fourth-order valence-electron chi connectivity index (χ4n) is 2.61. The van der Waals surface area contributed by atoms with E-state index in [0.717, 1.165) is 23.4 Å². The molecule has 0 bridgehead atoms. The molecule has 0 unspecified atom stereocenters. The minimum Gasteiger partial charge on any atom is -0.462 e. The molecule has 0 radical (unpaired) electrons. The molecule has 7 heteroatoms. The van der Waals surface area contributed by atoms with Crippen molar-refractivity contribution in [2.45, 2.75) is 40.5 Å². The van der Waals surface area contributed by atoms with Crippen LogP contribution in [0.1, 0.15) is 48.0 Å². The number of nitrogens with zero attached hydrogens (tertiary/aromatic N) is 1. The van der Waals surface area contributed by atoms with E-state index in [2.05, 4.69) is 5.32 Å². The molecule has 0 aliphatic carbocycles. The van der Waals surface area contributed by atoms with Crippen LogP contribution in [0.3, 0.4) is 0 Å². The Morgan fingerprint density at radius 3 is 2.50 bits per heavy atom. The van der Waals surface area contributed by atoms with E-state index in [9.17, 15) is 9.59 Å². The van der Waals surface area contributed by atoms with E-state index in [1.54, 1.807) is 6.92 Å². The maximum atomic E-state index is 12.3. The van der Waals surface area contributed by atoms with Gasteiger partial charge in [0.25, 0.3) is 0 Å². The SMILES string of the molecule is CCCN(CCO)CC(=O)Nc1sc(C)c(CC)c1C(=O)OCC. The molecule has 0 aliphatic heterocycles. The first-order chi connectivity index (χ1) is 11.5. The molecule has 0 saturated heterocycles. The molecular weight excluding hydrogens is 328 g/mol. The first-order valence-electron chi connectivity index (χ1n) is 8.40. The topological polar surface area (TPSA) is 78.9 Å². The number of aliphatic hydroxyl groups is 1. The minimum absolute atomic E-state index is 0.0133. The Balaban J connectivity index is 2.93. The van der Waals surface area contributed by atoms with Gasteiger partial charge in [-0.1, -0.05) is 13.8 Å². The molecule has 2 N–H and O–H groups in total. The summed E-state index contributed by atoms with van der Waals surface area (Å²) >= 11 is 1.40. The van der Waals surface area contributed by atoms with Crippen molar-refractivity contribution < 1.29 is 19.4 Å². The largest absolute Gasteiger partial charge is 0.462 e. The number of esters is 1. The molecule has 1 aromatic rings. The van der Waals surface area contributed by atoms with E-state index in [4.69, 9.17) is 9.84 Å². The van der Waals surface area contributed by atoms with E-state index in [1.807, 2.05) is 25.7 Å². The molecule has 0 aromatic carbocycles. The number of aliphatic hydroxyl groups excluding tert-OH is 1. The van der Waals surface area contributed by atoms with Crippen LogP contribution in [-0.4, -0.2) is 54.7 Å². The summed E-state index contributed by atoms with van der Waals surface area (Å²) in [7, 11) is 0. The van der Waals surface area contributed by atoms with Gasteiger partial charge in [0.1, 0.15) is 5.00 Å². The third-order valence-corrected chi connectivity index (χ3v) is 4.68. The van der Waals surface area contributed by atoms with Crippen molar-refractivity contribution in [1.82, 2.24) is 4.90 Å². The number of rotatable bonds is 10. The number of thiophene rings is 1. The maximum Gasteiger partial charge on any atom is 0.341 e. The van der Waals surface area contributed by atoms with E-state index in [0.29, 0.717) is 30.1 Å². The molecule has 6 nitrogen and oxygen atoms in total. The van der Waals surface area contributed by atoms with Crippen LogP contribution in [0.5, 0.6) is 0 Å². The van der Waals surface area contributed by atoms with Gasteiger partial charge in [-0.15, -0.1) is 11.3 Å². The fraction of sp³-hybridized carbons (Fsp3) is 0.647. The van der Waals surface area contributed by atoms with Crippen LogP contribution in [0.25, 0.3) is 0 Å². The molecule has 1 heterocycles. The highest BCUT2D eigenvalue weighted by molar-refractivity contribution is 7.16. The predicted molar refractivity (Wildman–Crippen MR) is 96.8 cm³/mol. The summed E-state index contributed by atoms with van der Waals surface area (Å²) in [5.41, 5.74) is 1.40. The number of nitrogens with one attached hydrogen (secondary N) is 1. The van der Waals surface area contributed by atoms with Crippen LogP contribution in [0, 0.1) is 6.92 Å². The third kappa shape index (κ3) is 5.58. The number of carbonyl (C=O) groups is 2. The zero-order chi connectivity index (χ0) is 18.1. The van der Waals surface area contributed by atoms with Gasteiger partial charge < -0.3 is 15.2 Å². The van der Waals surface area contributed by atoms with E-state index >= 15 is 0 Å². The predicted octanol–water partition coefficient (Wildman–Crippen LogP) is 2.44. The Kier molecular flexibility index (Phi) is 8.95. The summed E-state index contributed by atoms with van der Waals surface area (Å²) in [6.45, 7) is 9.40. The molecule has 0 fully saturated rings. The fourth-order valence-corrected chi connectivity index (χ4v) is 3.76.